The van der Waals surface area contributed by atoms with E-state index < -0.39 is 0 Å². The summed E-state index contributed by atoms with van der Waals surface area (Å²) in [6.07, 6.45) is 2.17. The minimum atomic E-state index is -0.0326. The largest absolute Gasteiger partial charge is 0.389 e. The van der Waals surface area contributed by atoms with Crippen LogP contribution in [0.4, 0.5) is 0 Å². The molecule has 0 spiro atoms. The van der Waals surface area contributed by atoms with E-state index in [1.54, 1.807) is 24.3 Å². The van der Waals surface area contributed by atoms with Crippen LogP contribution < -0.4 is 11.1 Å². The summed E-state index contributed by atoms with van der Waals surface area (Å²) >= 11 is 4.89. The monoisotopic (exact) mass is 277 g/mol. The zero-order valence-electron chi connectivity index (χ0n) is 11.1. The highest BCUT2D eigenvalue weighted by molar-refractivity contribution is 7.80. The highest BCUT2D eigenvalue weighted by Gasteiger charge is 2.19. The number of thiocarbonyl (C=S) groups is 1. The van der Waals surface area contributed by atoms with E-state index in [-0.39, 0.29) is 11.9 Å². The lowest BCUT2D eigenvalue weighted by molar-refractivity contribution is 0.0912. The van der Waals surface area contributed by atoms with Crippen molar-refractivity contribution < 1.29 is 4.79 Å². The third kappa shape index (κ3) is 3.75. The summed E-state index contributed by atoms with van der Waals surface area (Å²) in [4.78, 5) is 14.7. The van der Waals surface area contributed by atoms with Gasteiger partial charge in [0.1, 0.15) is 4.99 Å². The molecule has 0 aromatic heterocycles. The van der Waals surface area contributed by atoms with Gasteiger partial charge in [-0.15, -0.1) is 0 Å². The molecule has 1 unspecified atom stereocenters. The van der Waals surface area contributed by atoms with Gasteiger partial charge in [-0.1, -0.05) is 24.4 Å². The number of rotatable bonds is 3. The Balaban J connectivity index is 1.97. The number of likely N-dealkylation sites (N-methyl/N-ethyl adjacent to an activating group) is 1. The second-order valence-corrected chi connectivity index (χ2v) is 5.46. The Kier molecular flexibility index (Phi) is 4.50. The summed E-state index contributed by atoms with van der Waals surface area (Å²) in [6, 6.07) is 7.32. The van der Waals surface area contributed by atoms with E-state index in [0.717, 1.165) is 31.5 Å². The van der Waals surface area contributed by atoms with Gasteiger partial charge in [-0.05, 0) is 38.6 Å². The normalized spacial score (nSPS) is 19.9. The Labute approximate surface area is 119 Å². The summed E-state index contributed by atoms with van der Waals surface area (Å²) in [5.41, 5.74) is 6.96. The zero-order chi connectivity index (χ0) is 13.8. The smallest absolute Gasteiger partial charge is 0.251 e. The Bertz CT molecular complexity index is 472. The van der Waals surface area contributed by atoms with Crippen molar-refractivity contribution in [3.05, 3.63) is 35.4 Å². The van der Waals surface area contributed by atoms with Crippen molar-refractivity contribution in [2.75, 3.05) is 20.1 Å². The molecule has 1 saturated heterocycles. The first kappa shape index (κ1) is 14.0. The molecule has 1 amide bonds. The summed E-state index contributed by atoms with van der Waals surface area (Å²) in [5.74, 6) is -0.0326. The van der Waals surface area contributed by atoms with Gasteiger partial charge < -0.3 is 16.0 Å². The van der Waals surface area contributed by atoms with Gasteiger partial charge in [-0.25, -0.2) is 0 Å². The molecule has 0 radical (unpaired) electrons. The number of hydrogen-bond donors (Lipinski definition) is 2. The molecule has 5 heteroatoms. The predicted molar refractivity (Wildman–Crippen MR) is 80.3 cm³/mol. The first-order valence-electron chi connectivity index (χ1n) is 6.45. The molecule has 1 aromatic carbocycles. The Morgan fingerprint density at radius 2 is 2.00 bits per heavy atom. The molecule has 1 heterocycles. The number of benzene rings is 1. The summed E-state index contributed by atoms with van der Waals surface area (Å²) in [6.45, 7) is 2.02. The molecule has 2 rings (SSSR count). The zero-order valence-corrected chi connectivity index (χ0v) is 11.9. The van der Waals surface area contributed by atoms with Crippen LogP contribution in [0.2, 0.25) is 0 Å². The third-order valence-corrected chi connectivity index (χ3v) is 3.63. The van der Waals surface area contributed by atoms with Crippen LogP contribution >= 0.6 is 12.2 Å². The minimum Gasteiger partial charge on any atom is -0.389 e. The molecular formula is C14H19N3OS. The predicted octanol–water partition coefficient (Wildman–Crippen LogP) is 1.14. The number of nitrogens with one attached hydrogen (secondary N) is 1. The SMILES string of the molecule is CN1CCCC(NC(=O)c2ccc(C(N)=S)cc2)C1. The Morgan fingerprint density at radius 1 is 1.37 bits per heavy atom. The van der Waals surface area contributed by atoms with Gasteiger partial charge in [0.15, 0.2) is 0 Å². The highest BCUT2D eigenvalue weighted by atomic mass is 32.1. The number of carbonyl (C=O) groups is 1. The van der Waals surface area contributed by atoms with E-state index in [4.69, 9.17) is 18.0 Å². The third-order valence-electron chi connectivity index (χ3n) is 3.39. The van der Waals surface area contributed by atoms with Gasteiger partial charge in [0.05, 0.1) is 0 Å². The maximum atomic E-state index is 12.1. The van der Waals surface area contributed by atoms with Crippen LogP contribution in [-0.4, -0.2) is 42.0 Å². The van der Waals surface area contributed by atoms with E-state index in [1.165, 1.54) is 0 Å². The van der Waals surface area contributed by atoms with Crippen molar-refractivity contribution in [1.29, 1.82) is 0 Å². The summed E-state index contributed by atoms with van der Waals surface area (Å²) < 4.78 is 0. The number of nitrogens with two attached hydrogens (primary N) is 1. The van der Waals surface area contributed by atoms with Crippen molar-refractivity contribution in [1.82, 2.24) is 10.2 Å². The number of likely N-dealkylation sites (tertiary alicyclic amines) is 1. The van der Waals surface area contributed by atoms with E-state index in [2.05, 4.69) is 17.3 Å². The molecule has 1 aliphatic rings. The standard InChI is InChI=1S/C14H19N3OS/c1-17-8-2-3-12(9-17)16-14(18)11-6-4-10(5-7-11)13(15)19/h4-7,12H,2-3,8-9H2,1H3,(H2,15,19)(H,16,18). The van der Waals surface area contributed by atoms with E-state index >= 15 is 0 Å². The lowest BCUT2D eigenvalue weighted by Gasteiger charge is -2.30. The average molecular weight is 277 g/mol. The van der Waals surface area contributed by atoms with Crippen molar-refractivity contribution >= 4 is 23.1 Å². The van der Waals surface area contributed by atoms with Gasteiger partial charge in [0, 0.05) is 23.7 Å². The fourth-order valence-electron chi connectivity index (χ4n) is 2.34. The fourth-order valence-corrected chi connectivity index (χ4v) is 2.47. The minimum absolute atomic E-state index is 0.0326. The number of nitrogens with zero attached hydrogens (tertiary/aromatic N) is 1. The quantitative estimate of drug-likeness (QED) is 0.814. The summed E-state index contributed by atoms with van der Waals surface area (Å²) in [7, 11) is 2.08. The molecule has 3 N–H and O–H groups in total. The first-order chi connectivity index (χ1) is 9.06. The van der Waals surface area contributed by atoms with Crippen LogP contribution in [0.5, 0.6) is 0 Å². The van der Waals surface area contributed by atoms with Crippen LogP contribution in [0.25, 0.3) is 0 Å². The highest BCUT2D eigenvalue weighted by Crippen LogP contribution is 2.10. The van der Waals surface area contributed by atoms with Crippen molar-refractivity contribution in [3.63, 3.8) is 0 Å². The first-order valence-corrected chi connectivity index (χ1v) is 6.86. The van der Waals surface area contributed by atoms with E-state index in [1.807, 2.05) is 0 Å². The Morgan fingerprint density at radius 3 is 2.58 bits per heavy atom. The van der Waals surface area contributed by atoms with Crippen LogP contribution in [0, 0.1) is 0 Å². The van der Waals surface area contributed by atoms with E-state index in [9.17, 15) is 4.79 Å². The van der Waals surface area contributed by atoms with Crippen LogP contribution in [0.15, 0.2) is 24.3 Å². The fraction of sp³-hybridized carbons (Fsp3) is 0.429. The molecular weight excluding hydrogens is 258 g/mol. The maximum absolute atomic E-state index is 12.1. The lowest BCUT2D eigenvalue weighted by atomic mass is 10.1. The van der Waals surface area contributed by atoms with Crippen molar-refractivity contribution in [2.45, 2.75) is 18.9 Å². The molecule has 4 nitrogen and oxygen atoms in total. The number of piperidine rings is 1. The molecule has 0 aliphatic carbocycles. The molecule has 1 fully saturated rings. The van der Waals surface area contributed by atoms with Gasteiger partial charge in [0.25, 0.3) is 5.91 Å². The van der Waals surface area contributed by atoms with E-state index in [0.29, 0.717) is 10.6 Å². The molecule has 1 atom stereocenters. The van der Waals surface area contributed by atoms with Crippen LogP contribution in [0.3, 0.4) is 0 Å². The molecule has 102 valence electrons. The molecule has 1 aliphatic heterocycles. The van der Waals surface area contributed by atoms with Crippen LogP contribution in [-0.2, 0) is 0 Å². The topological polar surface area (TPSA) is 58.4 Å². The molecule has 0 saturated carbocycles. The average Bonchev–Trinajstić information content (AvgIpc) is 2.39. The second kappa shape index (κ2) is 6.12. The number of amides is 1. The number of carbonyl (C=O) groups excluding carboxylic acids is 1. The van der Waals surface area contributed by atoms with Gasteiger partial charge in [0.2, 0.25) is 0 Å². The van der Waals surface area contributed by atoms with Gasteiger partial charge >= 0.3 is 0 Å². The van der Waals surface area contributed by atoms with Crippen molar-refractivity contribution in [3.8, 4) is 0 Å². The number of hydrogen-bond acceptors (Lipinski definition) is 3. The second-order valence-electron chi connectivity index (χ2n) is 5.02. The maximum Gasteiger partial charge on any atom is 0.251 e. The van der Waals surface area contributed by atoms with Gasteiger partial charge in [-0.2, -0.15) is 0 Å². The van der Waals surface area contributed by atoms with Crippen LogP contribution in [0.1, 0.15) is 28.8 Å². The molecule has 0 bridgehead atoms. The summed E-state index contributed by atoms with van der Waals surface area (Å²) in [5, 5.41) is 3.07. The molecule has 19 heavy (non-hydrogen) atoms. The lowest BCUT2D eigenvalue weighted by Crippen LogP contribution is -2.46. The Hall–Kier alpha value is -1.46. The van der Waals surface area contributed by atoms with Crippen molar-refractivity contribution in [2.24, 2.45) is 5.73 Å². The van der Waals surface area contributed by atoms with Gasteiger partial charge in [-0.3, -0.25) is 4.79 Å². The molecule has 1 aromatic rings.